The van der Waals surface area contributed by atoms with Gasteiger partial charge in [0.15, 0.2) is 0 Å². The summed E-state index contributed by atoms with van der Waals surface area (Å²) in [6, 6.07) is 10.2. The fourth-order valence-corrected chi connectivity index (χ4v) is 2.86. The first-order chi connectivity index (χ1) is 10.8. The third kappa shape index (κ3) is 3.42. The van der Waals surface area contributed by atoms with Gasteiger partial charge in [0, 0.05) is 25.2 Å². The molecule has 0 amide bonds. The minimum Gasteiger partial charge on any atom is -0.481 e. The molecule has 6 heteroatoms. The lowest BCUT2D eigenvalue weighted by Gasteiger charge is -2.33. The molecule has 1 aromatic heterocycles. The standard InChI is InChI=1S/C16H19ClN4O/c1-22-16-10-15(18-11-19-16)21-8-6-12(7-9-21)20-14-5-3-2-4-13(14)17/h2-5,10-12,20H,6-9H2,1H3. The number of nitrogens with zero attached hydrogens (tertiary/aromatic N) is 3. The van der Waals surface area contributed by atoms with Gasteiger partial charge in [-0.1, -0.05) is 23.7 Å². The molecular formula is C16H19ClN4O. The van der Waals surface area contributed by atoms with Crippen LogP contribution in [-0.2, 0) is 0 Å². The second-order valence-corrected chi connectivity index (χ2v) is 5.71. The smallest absolute Gasteiger partial charge is 0.218 e. The minimum absolute atomic E-state index is 0.430. The van der Waals surface area contributed by atoms with Crippen LogP contribution in [0.3, 0.4) is 0 Å². The van der Waals surface area contributed by atoms with Crippen LogP contribution in [0.2, 0.25) is 5.02 Å². The van der Waals surface area contributed by atoms with E-state index >= 15 is 0 Å². The first kappa shape index (κ1) is 14.9. The molecule has 0 aliphatic carbocycles. The Hall–Kier alpha value is -2.01. The van der Waals surface area contributed by atoms with Gasteiger partial charge in [0.25, 0.3) is 0 Å². The van der Waals surface area contributed by atoms with Crippen LogP contribution < -0.4 is 15.0 Å². The van der Waals surface area contributed by atoms with Crippen LogP contribution in [0.15, 0.2) is 36.7 Å². The Morgan fingerprint density at radius 2 is 2.00 bits per heavy atom. The van der Waals surface area contributed by atoms with Gasteiger partial charge in [-0.05, 0) is 25.0 Å². The van der Waals surface area contributed by atoms with E-state index in [0.717, 1.165) is 42.5 Å². The number of rotatable bonds is 4. The molecule has 1 aromatic carbocycles. The van der Waals surface area contributed by atoms with Gasteiger partial charge in [0.05, 0.1) is 17.8 Å². The van der Waals surface area contributed by atoms with E-state index in [-0.39, 0.29) is 0 Å². The van der Waals surface area contributed by atoms with Gasteiger partial charge < -0.3 is 15.0 Å². The van der Waals surface area contributed by atoms with E-state index in [1.807, 2.05) is 30.3 Å². The fraction of sp³-hybridized carbons (Fsp3) is 0.375. The molecule has 1 aliphatic heterocycles. The van der Waals surface area contributed by atoms with Gasteiger partial charge >= 0.3 is 0 Å². The molecule has 0 bridgehead atoms. The molecule has 0 spiro atoms. The summed E-state index contributed by atoms with van der Waals surface area (Å²) < 4.78 is 5.15. The number of anilines is 2. The molecule has 2 heterocycles. The monoisotopic (exact) mass is 318 g/mol. The maximum atomic E-state index is 6.20. The predicted molar refractivity (Wildman–Crippen MR) is 88.9 cm³/mol. The normalized spacial score (nSPS) is 15.6. The summed E-state index contributed by atoms with van der Waals surface area (Å²) in [4.78, 5) is 10.6. The van der Waals surface area contributed by atoms with Gasteiger partial charge in [-0.2, -0.15) is 0 Å². The number of para-hydroxylation sites is 1. The Balaban J connectivity index is 1.59. The van der Waals surface area contributed by atoms with E-state index < -0.39 is 0 Å². The van der Waals surface area contributed by atoms with E-state index in [2.05, 4.69) is 20.2 Å². The summed E-state index contributed by atoms with van der Waals surface area (Å²) in [6.07, 6.45) is 3.62. The van der Waals surface area contributed by atoms with Crippen molar-refractivity contribution in [2.75, 3.05) is 30.4 Å². The van der Waals surface area contributed by atoms with Gasteiger partial charge in [-0.3, -0.25) is 0 Å². The quantitative estimate of drug-likeness (QED) is 0.938. The van der Waals surface area contributed by atoms with Crippen LogP contribution in [0.4, 0.5) is 11.5 Å². The number of piperidine rings is 1. The third-order valence-corrected chi connectivity index (χ3v) is 4.22. The van der Waals surface area contributed by atoms with Crippen LogP contribution in [0.1, 0.15) is 12.8 Å². The van der Waals surface area contributed by atoms with Gasteiger partial charge in [-0.25, -0.2) is 9.97 Å². The third-order valence-electron chi connectivity index (χ3n) is 3.89. The zero-order valence-electron chi connectivity index (χ0n) is 12.5. The Labute approximate surface area is 135 Å². The maximum Gasteiger partial charge on any atom is 0.218 e. The Morgan fingerprint density at radius 3 is 2.73 bits per heavy atom. The van der Waals surface area contributed by atoms with Crippen molar-refractivity contribution < 1.29 is 4.74 Å². The molecule has 0 atom stereocenters. The van der Waals surface area contributed by atoms with Crippen molar-refractivity contribution in [1.29, 1.82) is 0 Å². The zero-order valence-corrected chi connectivity index (χ0v) is 13.3. The van der Waals surface area contributed by atoms with E-state index in [1.54, 1.807) is 13.4 Å². The highest BCUT2D eigenvalue weighted by molar-refractivity contribution is 6.33. The van der Waals surface area contributed by atoms with E-state index in [0.29, 0.717) is 11.9 Å². The average molecular weight is 319 g/mol. The van der Waals surface area contributed by atoms with Crippen LogP contribution in [0.25, 0.3) is 0 Å². The molecule has 1 N–H and O–H groups in total. The number of benzene rings is 1. The van der Waals surface area contributed by atoms with Gasteiger partial charge in [0.1, 0.15) is 12.1 Å². The zero-order chi connectivity index (χ0) is 15.4. The van der Waals surface area contributed by atoms with Crippen molar-refractivity contribution in [2.45, 2.75) is 18.9 Å². The second-order valence-electron chi connectivity index (χ2n) is 5.30. The van der Waals surface area contributed by atoms with Crippen LogP contribution >= 0.6 is 11.6 Å². The largest absolute Gasteiger partial charge is 0.481 e. The topological polar surface area (TPSA) is 50.3 Å². The summed E-state index contributed by atoms with van der Waals surface area (Å²) in [5, 5.41) is 4.30. The SMILES string of the molecule is COc1cc(N2CCC(Nc3ccccc3Cl)CC2)ncn1. The van der Waals surface area contributed by atoms with Gasteiger partial charge in [0.2, 0.25) is 5.88 Å². The molecule has 0 radical (unpaired) electrons. The Morgan fingerprint density at radius 1 is 1.23 bits per heavy atom. The molecule has 1 aliphatic rings. The van der Waals surface area contributed by atoms with Crippen molar-refractivity contribution >= 4 is 23.1 Å². The highest BCUT2D eigenvalue weighted by Gasteiger charge is 2.21. The molecule has 1 fully saturated rings. The van der Waals surface area contributed by atoms with Crippen molar-refractivity contribution in [3.8, 4) is 5.88 Å². The van der Waals surface area contributed by atoms with Crippen LogP contribution in [0.5, 0.6) is 5.88 Å². The number of hydrogen-bond acceptors (Lipinski definition) is 5. The maximum absolute atomic E-state index is 6.20. The first-order valence-electron chi connectivity index (χ1n) is 7.38. The lowest BCUT2D eigenvalue weighted by molar-refractivity contribution is 0.396. The number of nitrogens with one attached hydrogen (secondary N) is 1. The van der Waals surface area contributed by atoms with Gasteiger partial charge in [-0.15, -0.1) is 0 Å². The Kier molecular flexibility index (Phi) is 4.63. The molecular weight excluding hydrogens is 300 g/mol. The fourth-order valence-electron chi connectivity index (χ4n) is 2.67. The van der Waals surface area contributed by atoms with E-state index in [9.17, 15) is 0 Å². The number of hydrogen-bond donors (Lipinski definition) is 1. The summed E-state index contributed by atoms with van der Waals surface area (Å²) in [7, 11) is 1.62. The van der Waals surface area contributed by atoms with Crippen LogP contribution in [-0.4, -0.2) is 36.2 Å². The summed E-state index contributed by atoms with van der Waals surface area (Å²) >= 11 is 6.20. The minimum atomic E-state index is 0.430. The number of aromatic nitrogens is 2. The summed E-state index contributed by atoms with van der Waals surface area (Å²) in [5.74, 6) is 1.52. The predicted octanol–water partition coefficient (Wildman–Crippen LogP) is 3.22. The molecule has 0 unspecified atom stereocenters. The first-order valence-corrected chi connectivity index (χ1v) is 7.76. The Bertz CT molecular complexity index is 629. The van der Waals surface area contributed by atoms with Crippen LogP contribution in [0, 0.1) is 0 Å². The second kappa shape index (κ2) is 6.83. The lowest BCUT2D eigenvalue weighted by atomic mass is 10.0. The van der Waals surface area contributed by atoms with Crippen molar-refractivity contribution in [1.82, 2.24) is 9.97 Å². The highest BCUT2D eigenvalue weighted by Crippen LogP contribution is 2.25. The molecule has 5 nitrogen and oxygen atoms in total. The highest BCUT2D eigenvalue weighted by atomic mass is 35.5. The molecule has 2 aromatic rings. The summed E-state index contributed by atoms with van der Waals surface area (Å²) in [5.41, 5.74) is 1.01. The molecule has 0 saturated carbocycles. The number of methoxy groups -OCH3 is 1. The molecule has 1 saturated heterocycles. The van der Waals surface area contributed by atoms with Crippen molar-refractivity contribution in [3.05, 3.63) is 41.7 Å². The molecule has 3 rings (SSSR count). The van der Waals surface area contributed by atoms with Crippen molar-refractivity contribution in [3.63, 3.8) is 0 Å². The van der Waals surface area contributed by atoms with E-state index in [4.69, 9.17) is 16.3 Å². The lowest BCUT2D eigenvalue weighted by Crippen LogP contribution is -2.39. The summed E-state index contributed by atoms with van der Waals surface area (Å²) in [6.45, 7) is 1.89. The average Bonchev–Trinajstić information content (AvgIpc) is 2.58. The molecule has 116 valence electrons. The number of ether oxygens (including phenoxy) is 1. The van der Waals surface area contributed by atoms with Crippen molar-refractivity contribution in [2.24, 2.45) is 0 Å². The molecule has 22 heavy (non-hydrogen) atoms. The van der Waals surface area contributed by atoms with E-state index in [1.165, 1.54) is 0 Å². The number of halogens is 1.